The number of nitrogens with one attached hydrogen (secondary N) is 2. The lowest BCUT2D eigenvalue weighted by Gasteiger charge is -2.09. The Hall–Kier alpha value is -3.21. The zero-order chi connectivity index (χ0) is 17.1. The first-order valence-corrected chi connectivity index (χ1v) is 7.57. The average Bonchev–Trinajstić information content (AvgIpc) is 2.54. The van der Waals surface area contributed by atoms with Gasteiger partial charge in [-0.15, -0.1) is 0 Å². The maximum Gasteiger partial charge on any atom is 0.314 e. The number of hydrogen-bond donors (Lipinski definition) is 2. The highest BCUT2D eigenvalue weighted by Crippen LogP contribution is 2.20. The molecule has 3 aromatic rings. The van der Waals surface area contributed by atoms with Gasteiger partial charge < -0.3 is 10.6 Å². The summed E-state index contributed by atoms with van der Waals surface area (Å²) in [5.41, 5.74) is 3.79. The molecule has 1 aromatic heterocycles. The molecule has 0 unspecified atom stereocenters. The van der Waals surface area contributed by atoms with Gasteiger partial charge in [0.15, 0.2) is 0 Å². The highest BCUT2D eigenvalue weighted by Gasteiger charge is 2.15. The molecule has 0 saturated carbocycles. The minimum Gasteiger partial charge on any atom is -0.318 e. The third-order valence-electron chi connectivity index (χ3n) is 3.57. The molecule has 3 rings (SSSR count). The first-order chi connectivity index (χ1) is 11.5. The van der Waals surface area contributed by atoms with Gasteiger partial charge in [-0.3, -0.25) is 14.6 Å². The van der Waals surface area contributed by atoms with Crippen molar-refractivity contribution >= 4 is 34.1 Å². The number of aryl methyl sites for hydroxylation is 2. The molecular formula is C19H17N3O2. The number of rotatable bonds is 2. The second-order valence-corrected chi connectivity index (χ2v) is 5.67. The van der Waals surface area contributed by atoms with E-state index < -0.39 is 11.8 Å². The van der Waals surface area contributed by atoms with E-state index in [0.717, 1.165) is 16.5 Å². The number of benzene rings is 2. The predicted octanol–water partition coefficient (Wildman–Crippen LogP) is 3.43. The van der Waals surface area contributed by atoms with E-state index in [2.05, 4.69) is 15.6 Å². The number of carbonyl (C=O) groups excluding carboxylic acids is 2. The standard InChI is InChI=1S/C19H17N3O2/c1-12-9-13(2)11-15(10-12)21-18(23)19(24)22-16-7-3-5-14-6-4-8-20-17(14)16/h3-11H,1-2H3,(H,21,23)(H,22,24). The Bertz CT molecular complexity index is 909. The fourth-order valence-corrected chi connectivity index (χ4v) is 2.62. The molecule has 0 aliphatic carbocycles. The SMILES string of the molecule is Cc1cc(C)cc(NC(=O)C(=O)Nc2cccc3cccnc23)c1. The largest absolute Gasteiger partial charge is 0.318 e. The summed E-state index contributed by atoms with van der Waals surface area (Å²) < 4.78 is 0. The van der Waals surface area contributed by atoms with Crippen molar-refractivity contribution in [3.63, 3.8) is 0 Å². The van der Waals surface area contributed by atoms with E-state index in [9.17, 15) is 9.59 Å². The molecule has 24 heavy (non-hydrogen) atoms. The summed E-state index contributed by atoms with van der Waals surface area (Å²) in [5.74, 6) is -1.44. The summed E-state index contributed by atoms with van der Waals surface area (Å²) in [7, 11) is 0. The zero-order valence-corrected chi connectivity index (χ0v) is 13.5. The second-order valence-electron chi connectivity index (χ2n) is 5.67. The van der Waals surface area contributed by atoms with Crippen LogP contribution in [-0.4, -0.2) is 16.8 Å². The molecule has 0 atom stereocenters. The molecule has 2 N–H and O–H groups in total. The van der Waals surface area contributed by atoms with Crippen molar-refractivity contribution in [2.45, 2.75) is 13.8 Å². The number of carbonyl (C=O) groups is 2. The van der Waals surface area contributed by atoms with Crippen LogP contribution in [0, 0.1) is 13.8 Å². The van der Waals surface area contributed by atoms with Gasteiger partial charge in [-0.1, -0.05) is 24.3 Å². The molecule has 0 radical (unpaired) electrons. The maximum atomic E-state index is 12.2. The Labute approximate surface area is 139 Å². The molecule has 5 nitrogen and oxygen atoms in total. The normalized spacial score (nSPS) is 10.4. The van der Waals surface area contributed by atoms with Crippen LogP contribution in [0.4, 0.5) is 11.4 Å². The van der Waals surface area contributed by atoms with Crippen LogP contribution in [0.25, 0.3) is 10.9 Å². The first kappa shape index (κ1) is 15.7. The summed E-state index contributed by atoms with van der Waals surface area (Å²) in [6.07, 6.45) is 1.65. The lowest BCUT2D eigenvalue weighted by atomic mass is 10.1. The number of anilines is 2. The zero-order valence-electron chi connectivity index (χ0n) is 13.5. The molecule has 1 heterocycles. The summed E-state index contributed by atoms with van der Waals surface area (Å²) >= 11 is 0. The van der Waals surface area contributed by atoms with Crippen LogP contribution in [-0.2, 0) is 9.59 Å². The van der Waals surface area contributed by atoms with E-state index in [1.807, 2.05) is 50.2 Å². The highest BCUT2D eigenvalue weighted by atomic mass is 16.2. The second kappa shape index (κ2) is 6.50. The Morgan fingerprint density at radius 3 is 2.29 bits per heavy atom. The van der Waals surface area contributed by atoms with Crippen molar-refractivity contribution < 1.29 is 9.59 Å². The van der Waals surface area contributed by atoms with Crippen molar-refractivity contribution in [2.75, 3.05) is 10.6 Å². The Balaban J connectivity index is 1.77. The fourth-order valence-electron chi connectivity index (χ4n) is 2.62. The van der Waals surface area contributed by atoms with Crippen LogP contribution in [0.1, 0.15) is 11.1 Å². The summed E-state index contributed by atoms with van der Waals surface area (Å²) in [6.45, 7) is 3.87. The lowest BCUT2D eigenvalue weighted by Crippen LogP contribution is -2.29. The van der Waals surface area contributed by atoms with Crippen LogP contribution >= 0.6 is 0 Å². The average molecular weight is 319 g/mol. The summed E-state index contributed by atoms with van der Waals surface area (Å²) in [4.78, 5) is 28.6. The van der Waals surface area contributed by atoms with E-state index in [1.54, 1.807) is 18.3 Å². The smallest absolute Gasteiger partial charge is 0.314 e. The molecule has 0 saturated heterocycles. The van der Waals surface area contributed by atoms with E-state index in [0.29, 0.717) is 16.9 Å². The van der Waals surface area contributed by atoms with Crippen LogP contribution < -0.4 is 10.6 Å². The third-order valence-corrected chi connectivity index (χ3v) is 3.57. The molecule has 0 aliphatic heterocycles. The van der Waals surface area contributed by atoms with Gasteiger partial charge in [0.05, 0.1) is 11.2 Å². The van der Waals surface area contributed by atoms with Gasteiger partial charge in [0.25, 0.3) is 0 Å². The number of amides is 2. The predicted molar refractivity (Wildman–Crippen MR) is 94.9 cm³/mol. The Morgan fingerprint density at radius 1 is 0.875 bits per heavy atom. The molecule has 0 fully saturated rings. The minimum absolute atomic E-state index is 0.508. The van der Waals surface area contributed by atoms with Crippen molar-refractivity contribution in [1.82, 2.24) is 4.98 Å². The molecule has 120 valence electrons. The number of nitrogens with zero attached hydrogens (tertiary/aromatic N) is 1. The lowest BCUT2D eigenvalue weighted by molar-refractivity contribution is -0.132. The molecule has 2 aromatic carbocycles. The molecule has 5 heteroatoms. The molecular weight excluding hydrogens is 302 g/mol. The molecule has 0 spiro atoms. The number of fused-ring (bicyclic) bond motifs is 1. The minimum atomic E-state index is -0.729. The number of pyridine rings is 1. The number of aromatic nitrogens is 1. The van der Waals surface area contributed by atoms with Gasteiger partial charge in [-0.25, -0.2) is 0 Å². The van der Waals surface area contributed by atoms with Gasteiger partial charge >= 0.3 is 11.8 Å². The van der Waals surface area contributed by atoms with Gasteiger partial charge in [-0.2, -0.15) is 0 Å². The molecule has 0 aliphatic rings. The van der Waals surface area contributed by atoms with E-state index in [-0.39, 0.29) is 0 Å². The maximum absolute atomic E-state index is 12.2. The first-order valence-electron chi connectivity index (χ1n) is 7.57. The fraction of sp³-hybridized carbons (Fsp3) is 0.105. The molecule has 0 bridgehead atoms. The summed E-state index contributed by atoms with van der Waals surface area (Å²) in [5, 5.41) is 6.13. The van der Waals surface area contributed by atoms with E-state index in [4.69, 9.17) is 0 Å². The van der Waals surface area contributed by atoms with Gasteiger partial charge in [-0.05, 0) is 49.2 Å². The van der Waals surface area contributed by atoms with Crippen LogP contribution in [0.5, 0.6) is 0 Å². The van der Waals surface area contributed by atoms with Crippen molar-refractivity contribution in [1.29, 1.82) is 0 Å². The van der Waals surface area contributed by atoms with Crippen LogP contribution in [0.3, 0.4) is 0 Å². The monoisotopic (exact) mass is 319 g/mol. The topological polar surface area (TPSA) is 71.1 Å². The molecule has 2 amide bonds. The quantitative estimate of drug-likeness (QED) is 0.711. The van der Waals surface area contributed by atoms with E-state index >= 15 is 0 Å². The van der Waals surface area contributed by atoms with Crippen molar-refractivity contribution in [3.8, 4) is 0 Å². The van der Waals surface area contributed by atoms with Crippen LogP contribution in [0.15, 0.2) is 54.7 Å². The van der Waals surface area contributed by atoms with Crippen molar-refractivity contribution in [3.05, 3.63) is 65.9 Å². The van der Waals surface area contributed by atoms with Gasteiger partial charge in [0.1, 0.15) is 0 Å². The van der Waals surface area contributed by atoms with Gasteiger partial charge in [0.2, 0.25) is 0 Å². The summed E-state index contributed by atoms with van der Waals surface area (Å²) in [6, 6.07) is 14.8. The Kier molecular flexibility index (Phi) is 4.24. The highest BCUT2D eigenvalue weighted by molar-refractivity contribution is 6.44. The van der Waals surface area contributed by atoms with Crippen molar-refractivity contribution in [2.24, 2.45) is 0 Å². The van der Waals surface area contributed by atoms with Gasteiger partial charge in [0, 0.05) is 17.3 Å². The van der Waals surface area contributed by atoms with E-state index in [1.165, 1.54) is 0 Å². The number of para-hydroxylation sites is 1. The third kappa shape index (κ3) is 3.41. The Morgan fingerprint density at radius 2 is 1.54 bits per heavy atom. The number of hydrogen-bond acceptors (Lipinski definition) is 3. The van der Waals surface area contributed by atoms with Crippen LogP contribution in [0.2, 0.25) is 0 Å².